The molecule has 5 rings (SSSR count). The molecular weight excluding hydrogens is 404 g/mol. The van der Waals surface area contributed by atoms with Gasteiger partial charge in [-0.15, -0.1) is 0 Å². The SMILES string of the molecule is CC(C)(C)n1cc2c(n1)C(=O)CC1(CCN(C(=O)c3ccc4c(C#N)n[nH]c4c3)CC1)C2. The van der Waals surface area contributed by atoms with Crippen LogP contribution in [0.4, 0.5) is 0 Å². The number of rotatable bonds is 1. The molecule has 1 aliphatic carbocycles. The van der Waals surface area contributed by atoms with E-state index in [4.69, 9.17) is 5.26 Å². The number of nitrogens with zero attached hydrogens (tertiary/aromatic N) is 5. The van der Waals surface area contributed by atoms with Crippen LogP contribution in [0.1, 0.15) is 72.1 Å². The van der Waals surface area contributed by atoms with Crippen molar-refractivity contribution < 1.29 is 9.59 Å². The molecule has 3 aromatic rings. The van der Waals surface area contributed by atoms with Crippen LogP contribution in [0, 0.1) is 16.7 Å². The number of fused-ring (bicyclic) bond motifs is 2. The van der Waals surface area contributed by atoms with Gasteiger partial charge >= 0.3 is 0 Å². The molecule has 0 bridgehead atoms. The Bertz CT molecular complexity index is 1280. The second-order valence-electron chi connectivity index (χ2n) is 10.1. The summed E-state index contributed by atoms with van der Waals surface area (Å²) in [5.41, 5.74) is 2.99. The molecule has 32 heavy (non-hydrogen) atoms. The van der Waals surface area contributed by atoms with Crippen molar-refractivity contribution in [3.63, 3.8) is 0 Å². The van der Waals surface area contributed by atoms with E-state index in [-0.39, 0.29) is 22.6 Å². The fourth-order valence-electron chi connectivity index (χ4n) is 4.97. The number of aromatic amines is 1. The lowest BCUT2D eigenvalue weighted by Gasteiger charge is -2.43. The Hall–Kier alpha value is -3.47. The first kappa shape index (κ1) is 20.4. The molecule has 3 heterocycles. The van der Waals surface area contributed by atoms with E-state index in [2.05, 4.69) is 36.1 Å². The van der Waals surface area contributed by atoms with Crippen molar-refractivity contribution in [2.75, 3.05) is 13.1 Å². The largest absolute Gasteiger partial charge is 0.339 e. The molecule has 0 atom stereocenters. The van der Waals surface area contributed by atoms with Crippen LogP contribution in [0.15, 0.2) is 24.4 Å². The van der Waals surface area contributed by atoms with Crippen molar-refractivity contribution >= 4 is 22.6 Å². The Balaban J connectivity index is 1.32. The fraction of sp³-hybridized carbons (Fsp3) is 0.458. The number of H-pyrrole nitrogens is 1. The number of likely N-dealkylation sites (tertiary alicyclic amines) is 1. The number of ketones is 1. The van der Waals surface area contributed by atoms with Gasteiger partial charge in [0.25, 0.3) is 5.91 Å². The molecular formula is C24H26N6O2. The van der Waals surface area contributed by atoms with Crippen molar-refractivity contribution in [3.8, 4) is 6.07 Å². The second kappa shape index (κ2) is 7.02. The molecule has 1 saturated heterocycles. The van der Waals surface area contributed by atoms with Gasteiger partial charge < -0.3 is 4.90 Å². The Morgan fingerprint density at radius 3 is 2.66 bits per heavy atom. The number of hydrogen-bond acceptors (Lipinski definition) is 5. The number of nitrogens with one attached hydrogen (secondary N) is 1. The highest BCUT2D eigenvalue weighted by Gasteiger charge is 2.43. The maximum atomic E-state index is 13.1. The standard InChI is InChI=1S/C24H26N6O2/c1-23(2,3)30-14-16-11-24(12-20(31)21(16)28-30)6-8-29(9-7-24)22(32)15-4-5-17-18(10-15)26-27-19(17)13-25/h4-5,10,14H,6-9,11-12H2,1-3H3,(H,26,27). The van der Waals surface area contributed by atoms with Crippen molar-refractivity contribution in [2.45, 2.75) is 52.0 Å². The average Bonchev–Trinajstić information content (AvgIpc) is 3.37. The topological polar surface area (TPSA) is 108 Å². The lowest BCUT2D eigenvalue weighted by Crippen LogP contribution is -2.46. The molecule has 8 nitrogen and oxygen atoms in total. The van der Waals surface area contributed by atoms with Crippen LogP contribution in [0.25, 0.3) is 10.9 Å². The molecule has 0 radical (unpaired) electrons. The Morgan fingerprint density at radius 1 is 1.22 bits per heavy atom. The minimum absolute atomic E-state index is 0.0294. The van der Waals surface area contributed by atoms with E-state index in [9.17, 15) is 9.59 Å². The van der Waals surface area contributed by atoms with Gasteiger partial charge in [-0.25, -0.2) is 0 Å². The Kier molecular flexibility index (Phi) is 4.48. The van der Waals surface area contributed by atoms with Crippen molar-refractivity contribution in [1.29, 1.82) is 5.26 Å². The van der Waals surface area contributed by atoms with Crippen molar-refractivity contribution in [3.05, 3.63) is 46.9 Å². The summed E-state index contributed by atoms with van der Waals surface area (Å²) in [6.07, 6.45) is 4.97. The molecule has 0 unspecified atom stereocenters. The fourth-order valence-corrected chi connectivity index (χ4v) is 4.97. The molecule has 2 aromatic heterocycles. The zero-order valence-electron chi connectivity index (χ0n) is 18.6. The molecule has 1 aliphatic heterocycles. The summed E-state index contributed by atoms with van der Waals surface area (Å²) in [5.74, 6) is 0.0882. The van der Waals surface area contributed by atoms with Gasteiger partial charge in [-0.3, -0.25) is 19.4 Å². The van der Waals surface area contributed by atoms with E-state index in [1.165, 1.54) is 0 Å². The summed E-state index contributed by atoms with van der Waals surface area (Å²) in [5, 5.41) is 21.2. The molecule has 1 fully saturated rings. The zero-order chi connectivity index (χ0) is 22.7. The molecule has 1 N–H and O–H groups in total. The summed E-state index contributed by atoms with van der Waals surface area (Å²) in [6.45, 7) is 7.49. The van der Waals surface area contributed by atoms with Crippen LogP contribution in [-0.4, -0.2) is 49.7 Å². The number of piperidine rings is 1. The van der Waals surface area contributed by atoms with Crippen LogP contribution < -0.4 is 0 Å². The summed E-state index contributed by atoms with van der Waals surface area (Å²) < 4.78 is 1.90. The number of carbonyl (C=O) groups excluding carboxylic acids is 2. The highest BCUT2D eigenvalue weighted by molar-refractivity contribution is 5.99. The van der Waals surface area contributed by atoms with Gasteiger partial charge in [-0.05, 0) is 63.6 Å². The first-order valence-corrected chi connectivity index (χ1v) is 11.0. The van der Waals surface area contributed by atoms with Crippen molar-refractivity contribution in [2.24, 2.45) is 5.41 Å². The predicted octanol–water partition coefficient (Wildman–Crippen LogP) is 3.44. The van der Waals surface area contributed by atoms with Gasteiger partial charge in [0.05, 0.1) is 11.1 Å². The first-order chi connectivity index (χ1) is 15.2. The van der Waals surface area contributed by atoms with E-state index in [1.807, 2.05) is 21.8 Å². The lowest BCUT2D eigenvalue weighted by molar-refractivity contribution is 0.0520. The monoisotopic (exact) mass is 430 g/mol. The van der Waals surface area contributed by atoms with Gasteiger partial charge in [-0.2, -0.15) is 15.5 Å². The van der Waals surface area contributed by atoms with Crippen LogP contribution in [0.3, 0.4) is 0 Å². The molecule has 1 spiro atoms. The number of benzene rings is 1. The predicted molar refractivity (Wildman–Crippen MR) is 118 cm³/mol. The number of nitriles is 1. The number of carbonyl (C=O) groups is 2. The average molecular weight is 431 g/mol. The van der Waals surface area contributed by atoms with Crippen LogP contribution in [0.5, 0.6) is 0 Å². The lowest BCUT2D eigenvalue weighted by atomic mass is 9.67. The highest BCUT2D eigenvalue weighted by Crippen LogP contribution is 2.43. The molecule has 1 amide bonds. The first-order valence-electron chi connectivity index (χ1n) is 11.0. The van der Waals surface area contributed by atoms with Crippen LogP contribution >= 0.6 is 0 Å². The third-order valence-corrected chi connectivity index (χ3v) is 6.87. The number of Topliss-reactive ketones (excluding diaryl/α,β-unsaturated/α-hetero) is 1. The van der Waals surface area contributed by atoms with Gasteiger partial charge in [0, 0.05) is 42.2 Å². The van der Waals surface area contributed by atoms with E-state index in [0.717, 1.165) is 24.8 Å². The second-order valence-corrected chi connectivity index (χ2v) is 10.1. The van der Waals surface area contributed by atoms with Gasteiger partial charge in [0.1, 0.15) is 11.8 Å². The summed E-state index contributed by atoms with van der Waals surface area (Å²) in [7, 11) is 0. The van der Waals surface area contributed by atoms with E-state index in [0.29, 0.717) is 47.4 Å². The Morgan fingerprint density at radius 2 is 1.97 bits per heavy atom. The molecule has 2 aliphatic rings. The summed E-state index contributed by atoms with van der Waals surface area (Å²) in [4.78, 5) is 27.9. The third kappa shape index (κ3) is 3.29. The number of hydrogen-bond donors (Lipinski definition) is 1. The van der Waals surface area contributed by atoms with Crippen LogP contribution in [-0.2, 0) is 12.0 Å². The smallest absolute Gasteiger partial charge is 0.253 e. The quantitative estimate of drug-likeness (QED) is 0.636. The summed E-state index contributed by atoms with van der Waals surface area (Å²) >= 11 is 0. The van der Waals surface area contributed by atoms with Gasteiger partial charge in [0.15, 0.2) is 11.5 Å². The van der Waals surface area contributed by atoms with E-state index in [1.54, 1.807) is 18.2 Å². The summed E-state index contributed by atoms with van der Waals surface area (Å²) in [6, 6.07) is 7.32. The van der Waals surface area contributed by atoms with Crippen molar-refractivity contribution in [1.82, 2.24) is 24.9 Å². The molecule has 1 aromatic carbocycles. The Labute approximate surface area is 186 Å². The highest BCUT2D eigenvalue weighted by atomic mass is 16.2. The number of amides is 1. The number of aromatic nitrogens is 4. The normalized spacial score (nSPS) is 18.1. The minimum atomic E-state index is -0.162. The molecule has 164 valence electrons. The maximum Gasteiger partial charge on any atom is 0.253 e. The molecule has 0 saturated carbocycles. The molecule has 8 heteroatoms. The maximum absolute atomic E-state index is 13.1. The van der Waals surface area contributed by atoms with E-state index < -0.39 is 0 Å². The minimum Gasteiger partial charge on any atom is -0.339 e. The van der Waals surface area contributed by atoms with Crippen LogP contribution in [0.2, 0.25) is 0 Å². The van der Waals surface area contributed by atoms with Gasteiger partial charge in [-0.1, -0.05) is 0 Å². The third-order valence-electron chi connectivity index (χ3n) is 6.87. The van der Waals surface area contributed by atoms with E-state index >= 15 is 0 Å². The zero-order valence-corrected chi connectivity index (χ0v) is 18.6. The van der Waals surface area contributed by atoms with Gasteiger partial charge in [0.2, 0.25) is 0 Å².